The summed E-state index contributed by atoms with van der Waals surface area (Å²) in [5.41, 5.74) is 2.93. The van der Waals surface area contributed by atoms with Gasteiger partial charge < -0.3 is 10.1 Å². The van der Waals surface area contributed by atoms with E-state index >= 15 is 0 Å². The number of hydrogen-bond acceptors (Lipinski definition) is 5. The van der Waals surface area contributed by atoms with E-state index in [1.165, 1.54) is 40.9 Å². The molecule has 2 amide bonds. The maximum atomic E-state index is 13.0. The zero-order valence-electron chi connectivity index (χ0n) is 17.6. The Balaban J connectivity index is 1.47. The van der Waals surface area contributed by atoms with Crippen LogP contribution in [0.1, 0.15) is 11.1 Å². The zero-order valence-corrected chi connectivity index (χ0v) is 19.2. The van der Waals surface area contributed by atoms with Gasteiger partial charge in [0.05, 0.1) is 10.6 Å². The van der Waals surface area contributed by atoms with E-state index in [2.05, 4.69) is 5.32 Å². The van der Waals surface area contributed by atoms with Gasteiger partial charge in [0.2, 0.25) is 0 Å². The third-order valence-corrected chi connectivity index (χ3v) is 6.08. The number of rotatable bonds is 6. The lowest BCUT2D eigenvalue weighted by Gasteiger charge is -2.14. The summed E-state index contributed by atoms with van der Waals surface area (Å²) in [6, 6.07) is 20.2. The Hall–Kier alpha value is -3.49. The Morgan fingerprint density at radius 3 is 2.52 bits per heavy atom. The SMILES string of the molecule is Cc1ccc(N2C(=O)/C(=C/c3ccccc3OCC(=O)Nc3ccc(F)cc3)SC2=S)cc1. The number of halogens is 1. The highest BCUT2D eigenvalue weighted by Gasteiger charge is 2.33. The Kier molecular flexibility index (Phi) is 6.86. The van der Waals surface area contributed by atoms with E-state index in [9.17, 15) is 14.0 Å². The molecule has 3 aromatic rings. The van der Waals surface area contributed by atoms with Crippen LogP contribution in [0.4, 0.5) is 15.8 Å². The molecule has 5 nitrogen and oxygen atoms in total. The van der Waals surface area contributed by atoms with Gasteiger partial charge in [-0.2, -0.15) is 0 Å². The van der Waals surface area contributed by atoms with E-state index in [1.54, 1.807) is 24.3 Å². The second-order valence-electron chi connectivity index (χ2n) is 7.23. The minimum Gasteiger partial charge on any atom is -0.483 e. The molecule has 1 N–H and O–H groups in total. The molecule has 1 saturated heterocycles. The Morgan fingerprint density at radius 2 is 1.79 bits per heavy atom. The highest BCUT2D eigenvalue weighted by Crippen LogP contribution is 2.37. The van der Waals surface area contributed by atoms with Gasteiger partial charge in [-0.1, -0.05) is 59.9 Å². The lowest BCUT2D eigenvalue weighted by molar-refractivity contribution is -0.118. The number of nitrogens with one attached hydrogen (secondary N) is 1. The summed E-state index contributed by atoms with van der Waals surface area (Å²) in [7, 11) is 0. The maximum Gasteiger partial charge on any atom is 0.270 e. The standard InChI is InChI=1S/C25H19FN2O3S2/c1-16-6-12-20(13-7-16)28-24(30)22(33-25(28)32)14-17-4-2-3-5-21(17)31-15-23(29)27-19-10-8-18(26)9-11-19/h2-14H,15H2,1H3,(H,27,29)/b22-14-. The first kappa shape index (κ1) is 22.7. The van der Waals surface area contributed by atoms with Crippen molar-refractivity contribution in [3.05, 3.63) is 94.6 Å². The second kappa shape index (κ2) is 9.97. The van der Waals surface area contributed by atoms with E-state index in [1.807, 2.05) is 37.3 Å². The van der Waals surface area contributed by atoms with Gasteiger partial charge in [0.25, 0.3) is 11.8 Å². The van der Waals surface area contributed by atoms with Crippen molar-refractivity contribution in [3.8, 4) is 5.75 Å². The summed E-state index contributed by atoms with van der Waals surface area (Å²) in [4.78, 5) is 27.2. The lowest BCUT2D eigenvalue weighted by Crippen LogP contribution is -2.27. The number of para-hydroxylation sites is 1. The molecule has 0 aromatic heterocycles. The Morgan fingerprint density at radius 1 is 1.09 bits per heavy atom. The lowest BCUT2D eigenvalue weighted by atomic mass is 10.1. The predicted molar refractivity (Wildman–Crippen MR) is 134 cm³/mol. The normalized spacial score (nSPS) is 14.6. The molecule has 0 spiro atoms. The molecule has 0 saturated carbocycles. The van der Waals surface area contributed by atoms with Crippen molar-refractivity contribution in [1.82, 2.24) is 0 Å². The molecule has 166 valence electrons. The Bertz CT molecular complexity index is 1240. The molecule has 33 heavy (non-hydrogen) atoms. The largest absolute Gasteiger partial charge is 0.483 e. The molecule has 0 atom stereocenters. The molecule has 1 aliphatic heterocycles. The average molecular weight is 479 g/mol. The van der Waals surface area contributed by atoms with Crippen LogP contribution >= 0.6 is 24.0 Å². The fourth-order valence-electron chi connectivity index (χ4n) is 3.13. The average Bonchev–Trinajstić information content (AvgIpc) is 3.08. The number of hydrogen-bond donors (Lipinski definition) is 1. The number of amides is 2. The van der Waals surface area contributed by atoms with E-state index in [-0.39, 0.29) is 24.2 Å². The van der Waals surface area contributed by atoms with E-state index in [0.29, 0.717) is 31.9 Å². The van der Waals surface area contributed by atoms with Gasteiger partial charge in [0.15, 0.2) is 10.9 Å². The van der Waals surface area contributed by atoms with Crippen molar-refractivity contribution in [3.63, 3.8) is 0 Å². The van der Waals surface area contributed by atoms with E-state index in [4.69, 9.17) is 17.0 Å². The van der Waals surface area contributed by atoms with Crippen LogP contribution in [0.2, 0.25) is 0 Å². The third-order valence-electron chi connectivity index (χ3n) is 4.78. The first-order chi connectivity index (χ1) is 15.9. The number of thiocarbonyl (C=S) groups is 1. The number of carbonyl (C=O) groups is 2. The summed E-state index contributed by atoms with van der Waals surface area (Å²) in [6.07, 6.45) is 1.71. The first-order valence-electron chi connectivity index (χ1n) is 10.0. The van der Waals surface area contributed by atoms with Crippen molar-refractivity contribution in [1.29, 1.82) is 0 Å². The van der Waals surface area contributed by atoms with Crippen LogP contribution in [-0.4, -0.2) is 22.7 Å². The predicted octanol–water partition coefficient (Wildman–Crippen LogP) is 5.56. The van der Waals surface area contributed by atoms with Gasteiger partial charge >= 0.3 is 0 Å². The number of benzene rings is 3. The molecular weight excluding hydrogens is 459 g/mol. The first-order valence-corrected chi connectivity index (χ1v) is 11.2. The molecule has 1 aliphatic rings. The minimum atomic E-state index is -0.387. The molecule has 0 unspecified atom stereocenters. The molecule has 4 rings (SSSR count). The van der Waals surface area contributed by atoms with Crippen molar-refractivity contribution in [2.24, 2.45) is 0 Å². The molecule has 3 aromatic carbocycles. The van der Waals surface area contributed by atoms with Crippen LogP contribution in [0.15, 0.2) is 77.7 Å². The summed E-state index contributed by atoms with van der Waals surface area (Å²) in [5, 5.41) is 2.64. The molecule has 0 bridgehead atoms. The van der Waals surface area contributed by atoms with Crippen LogP contribution in [-0.2, 0) is 9.59 Å². The van der Waals surface area contributed by atoms with E-state index < -0.39 is 0 Å². The van der Waals surface area contributed by atoms with Crippen LogP contribution in [0.25, 0.3) is 6.08 Å². The summed E-state index contributed by atoms with van der Waals surface area (Å²) < 4.78 is 19.2. The number of nitrogens with zero attached hydrogens (tertiary/aromatic N) is 1. The van der Waals surface area contributed by atoms with Crippen LogP contribution < -0.4 is 15.0 Å². The van der Waals surface area contributed by atoms with E-state index in [0.717, 1.165) is 5.56 Å². The number of anilines is 2. The zero-order chi connectivity index (χ0) is 23.4. The fourth-order valence-corrected chi connectivity index (χ4v) is 4.42. The molecular formula is C25H19FN2O3S2. The molecule has 1 heterocycles. The van der Waals surface area contributed by atoms with Crippen molar-refractivity contribution >= 4 is 57.6 Å². The third kappa shape index (κ3) is 5.47. The highest BCUT2D eigenvalue weighted by atomic mass is 32.2. The van der Waals surface area contributed by atoms with Gasteiger partial charge in [-0.25, -0.2) is 4.39 Å². The highest BCUT2D eigenvalue weighted by molar-refractivity contribution is 8.27. The molecule has 1 fully saturated rings. The van der Waals surface area contributed by atoms with Gasteiger partial charge in [-0.3, -0.25) is 14.5 Å². The van der Waals surface area contributed by atoms with Gasteiger partial charge in [-0.15, -0.1) is 0 Å². The number of thioether (sulfide) groups is 1. The van der Waals surface area contributed by atoms with Gasteiger partial charge in [0.1, 0.15) is 11.6 Å². The quantitative estimate of drug-likeness (QED) is 0.371. The van der Waals surface area contributed by atoms with Crippen molar-refractivity contribution < 1.29 is 18.7 Å². The molecule has 0 aliphatic carbocycles. The molecule has 8 heteroatoms. The second-order valence-corrected chi connectivity index (χ2v) is 8.91. The summed E-state index contributed by atoms with van der Waals surface area (Å²) in [6.45, 7) is 1.73. The topological polar surface area (TPSA) is 58.6 Å². The van der Waals surface area contributed by atoms with Crippen LogP contribution in [0.5, 0.6) is 5.75 Å². The smallest absolute Gasteiger partial charge is 0.270 e. The maximum absolute atomic E-state index is 13.0. The summed E-state index contributed by atoms with van der Waals surface area (Å²) in [5.74, 6) is -0.529. The Labute approximate surface area is 200 Å². The minimum absolute atomic E-state index is 0.210. The number of ether oxygens (including phenoxy) is 1. The monoisotopic (exact) mass is 478 g/mol. The van der Waals surface area contributed by atoms with Crippen molar-refractivity contribution in [2.75, 3.05) is 16.8 Å². The molecule has 0 radical (unpaired) electrons. The van der Waals surface area contributed by atoms with Crippen molar-refractivity contribution in [2.45, 2.75) is 6.92 Å². The fraction of sp³-hybridized carbons (Fsp3) is 0.0800. The van der Waals surface area contributed by atoms with Gasteiger partial charge in [-0.05, 0) is 55.5 Å². The van der Waals surface area contributed by atoms with Crippen LogP contribution in [0, 0.1) is 12.7 Å². The summed E-state index contributed by atoms with van der Waals surface area (Å²) >= 11 is 6.65. The number of carbonyl (C=O) groups excluding carboxylic acids is 2. The number of aryl methyl sites for hydroxylation is 1. The van der Waals surface area contributed by atoms with Crippen LogP contribution in [0.3, 0.4) is 0 Å². The van der Waals surface area contributed by atoms with Gasteiger partial charge in [0, 0.05) is 11.3 Å².